The number of hydrogen-bond acceptors (Lipinski definition) is 11. The molecule has 5 rings (SSSR count). The lowest BCUT2D eigenvalue weighted by Gasteiger charge is -2.25. The Kier molecular flexibility index (Phi) is 10.3. The summed E-state index contributed by atoms with van der Waals surface area (Å²) in [5, 5.41) is 20.9. The van der Waals surface area contributed by atoms with Gasteiger partial charge in [-0.3, -0.25) is 14.5 Å². The fourth-order valence-electron chi connectivity index (χ4n) is 4.89. The Morgan fingerprint density at radius 3 is 2.47 bits per heavy atom. The number of amides is 1. The van der Waals surface area contributed by atoms with Crippen molar-refractivity contribution in [3.8, 4) is 11.5 Å². The van der Waals surface area contributed by atoms with Gasteiger partial charge in [0.15, 0.2) is 21.6 Å². The van der Waals surface area contributed by atoms with Gasteiger partial charge in [0.1, 0.15) is 0 Å². The second kappa shape index (κ2) is 14.1. The SMILES string of the molecule is CCOc1cc(C2C(C(=O)c3sc(C)nc3C)=C(O)C(=O)N2c2nnc(SCc3ccc(C)cc3)s2)ccc1OCCC(C)C. The molecule has 0 aliphatic carbocycles. The number of thioether (sulfide) groups is 1. The van der Waals surface area contributed by atoms with Crippen LogP contribution >= 0.6 is 34.4 Å². The lowest BCUT2D eigenvalue weighted by Crippen LogP contribution is -2.31. The number of carbonyl (C=O) groups is 2. The molecule has 236 valence electrons. The predicted molar refractivity (Wildman–Crippen MR) is 179 cm³/mol. The van der Waals surface area contributed by atoms with E-state index in [0.29, 0.717) is 56.9 Å². The van der Waals surface area contributed by atoms with E-state index in [1.807, 2.05) is 20.8 Å². The third kappa shape index (κ3) is 7.23. The molecule has 0 radical (unpaired) electrons. The van der Waals surface area contributed by atoms with Crippen molar-refractivity contribution in [2.75, 3.05) is 18.1 Å². The van der Waals surface area contributed by atoms with Gasteiger partial charge in [-0.1, -0.05) is 72.8 Å². The number of aliphatic hydroxyl groups excluding tert-OH is 1. The third-order valence-electron chi connectivity index (χ3n) is 7.18. The topological polar surface area (TPSA) is 115 Å². The van der Waals surface area contributed by atoms with Crippen molar-refractivity contribution in [1.82, 2.24) is 15.2 Å². The molecule has 1 N–H and O–H groups in total. The van der Waals surface area contributed by atoms with Crippen LogP contribution in [0.2, 0.25) is 0 Å². The van der Waals surface area contributed by atoms with E-state index in [1.54, 1.807) is 25.1 Å². The maximum absolute atomic E-state index is 14.0. The zero-order valence-corrected chi connectivity index (χ0v) is 28.6. The number of thiazole rings is 1. The highest BCUT2D eigenvalue weighted by Gasteiger charge is 2.47. The Morgan fingerprint density at radius 1 is 1.04 bits per heavy atom. The molecule has 1 unspecified atom stereocenters. The third-order valence-corrected chi connectivity index (χ3v) is 10.4. The summed E-state index contributed by atoms with van der Waals surface area (Å²) in [4.78, 5) is 33.9. The molecule has 0 fully saturated rings. The number of rotatable bonds is 13. The summed E-state index contributed by atoms with van der Waals surface area (Å²) in [5.41, 5.74) is 3.40. The van der Waals surface area contributed by atoms with Crippen molar-refractivity contribution in [1.29, 1.82) is 0 Å². The highest BCUT2D eigenvalue weighted by Crippen LogP contribution is 2.46. The van der Waals surface area contributed by atoms with Crippen LogP contribution in [0.5, 0.6) is 11.5 Å². The first-order chi connectivity index (χ1) is 21.6. The first-order valence-electron chi connectivity index (χ1n) is 14.7. The van der Waals surface area contributed by atoms with Gasteiger partial charge in [0, 0.05) is 5.75 Å². The average Bonchev–Trinajstić information content (AvgIpc) is 3.68. The number of aryl methyl sites for hydroxylation is 3. The van der Waals surface area contributed by atoms with Gasteiger partial charge in [0.05, 0.1) is 40.4 Å². The van der Waals surface area contributed by atoms with Gasteiger partial charge in [-0.15, -0.1) is 21.5 Å². The van der Waals surface area contributed by atoms with Crippen molar-refractivity contribution >= 4 is 51.3 Å². The van der Waals surface area contributed by atoms with Crippen molar-refractivity contribution < 1.29 is 24.2 Å². The first-order valence-corrected chi connectivity index (χ1v) is 17.4. The molecule has 0 saturated heterocycles. The Labute approximate surface area is 275 Å². The fraction of sp³-hybridized carbons (Fsp3) is 0.364. The zero-order chi connectivity index (χ0) is 32.2. The predicted octanol–water partition coefficient (Wildman–Crippen LogP) is 7.82. The number of aromatic nitrogens is 3. The highest BCUT2D eigenvalue weighted by molar-refractivity contribution is 8.00. The number of anilines is 1. The van der Waals surface area contributed by atoms with Crippen LogP contribution in [0.25, 0.3) is 0 Å². The number of benzene rings is 2. The van der Waals surface area contributed by atoms with Crippen LogP contribution in [0, 0.1) is 26.7 Å². The smallest absolute Gasteiger partial charge is 0.296 e. The Bertz CT molecular complexity index is 1730. The van der Waals surface area contributed by atoms with E-state index in [0.717, 1.165) is 17.0 Å². The molecule has 1 aliphatic rings. The molecule has 4 aromatic rings. The molecule has 12 heteroatoms. The molecular weight excluding hydrogens is 629 g/mol. The zero-order valence-electron chi connectivity index (χ0n) is 26.1. The van der Waals surface area contributed by atoms with Gasteiger partial charge in [0.25, 0.3) is 5.91 Å². The molecule has 1 amide bonds. The molecule has 3 heterocycles. The lowest BCUT2D eigenvalue weighted by atomic mass is 9.95. The lowest BCUT2D eigenvalue weighted by molar-refractivity contribution is -0.117. The van der Waals surface area contributed by atoms with E-state index in [2.05, 4.69) is 53.3 Å². The standard InChI is InChI=1S/C33H36N4O5S3/c1-7-41-25-16-23(12-13-24(25)42-15-14-18(2)3)27-26(28(38)30-20(5)34-21(6)44-30)29(39)31(40)37(27)32-35-36-33(45-32)43-17-22-10-8-19(4)9-11-22/h8-13,16,18,27,39H,7,14-15,17H2,1-6H3. The van der Waals surface area contributed by atoms with Gasteiger partial charge in [-0.25, -0.2) is 4.98 Å². The van der Waals surface area contributed by atoms with E-state index >= 15 is 0 Å². The molecule has 45 heavy (non-hydrogen) atoms. The second-order valence-electron chi connectivity index (χ2n) is 11.1. The van der Waals surface area contributed by atoms with Crippen LogP contribution in [0.4, 0.5) is 5.13 Å². The summed E-state index contributed by atoms with van der Waals surface area (Å²) >= 11 is 3.98. The van der Waals surface area contributed by atoms with Crippen LogP contribution in [0.1, 0.15) is 70.3 Å². The van der Waals surface area contributed by atoms with Gasteiger partial charge in [-0.05, 0) is 63.3 Å². The summed E-state index contributed by atoms with van der Waals surface area (Å²) < 4.78 is 12.7. The van der Waals surface area contributed by atoms with Crippen LogP contribution in [-0.2, 0) is 10.5 Å². The van der Waals surface area contributed by atoms with E-state index in [4.69, 9.17) is 9.47 Å². The summed E-state index contributed by atoms with van der Waals surface area (Å²) in [5.74, 6) is 0.423. The van der Waals surface area contributed by atoms with Gasteiger partial charge < -0.3 is 14.6 Å². The summed E-state index contributed by atoms with van der Waals surface area (Å²) in [6.45, 7) is 12.7. The Hall–Kier alpha value is -3.74. The van der Waals surface area contributed by atoms with Crippen molar-refractivity contribution in [2.24, 2.45) is 5.92 Å². The summed E-state index contributed by atoms with van der Waals surface area (Å²) in [6.07, 6.45) is 0.877. The average molecular weight is 665 g/mol. The molecule has 2 aromatic heterocycles. The van der Waals surface area contributed by atoms with Crippen LogP contribution in [0.3, 0.4) is 0 Å². The molecule has 1 aliphatic heterocycles. The summed E-state index contributed by atoms with van der Waals surface area (Å²) in [7, 11) is 0. The minimum atomic E-state index is -0.973. The number of aliphatic hydroxyl groups is 1. The van der Waals surface area contributed by atoms with E-state index in [1.165, 1.54) is 44.9 Å². The Morgan fingerprint density at radius 2 is 1.80 bits per heavy atom. The quantitative estimate of drug-likeness (QED) is 0.0868. The minimum Gasteiger partial charge on any atom is -0.503 e. The maximum atomic E-state index is 14.0. The van der Waals surface area contributed by atoms with Gasteiger partial charge >= 0.3 is 0 Å². The molecule has 9 nitrogen and oxygen atoms in total. The monoisotopic (exact) mass is 664 g/mol. The largest absolute Gasteiger partial charge is 0.503 e. The van der Waals surface area contributed by atoms with Crippen LogP contribution in [-0.4, -0.2) is 45.2 Å². The second-order valence-corrected chi connectivity index (χ2v) is 14.5. The number of nitrogens with zero attached hydrogens (tertiary/aromatic N) is 4. The molecule has 0 spiro atoms. The van der Waals surface area contributed by atoms with E-state index in [9.17, 15) is 14.7 Å². The number of hydrogen-bond donors (Lipinski definition) is 1. The molecule has 0 saturated carbocycles. The Balaban J connectivity index is 1.53. The molecule has 0 bridgehead atoms. The number of ether oxygens (including phenoxy) is 2. The van der Waals surface area contributed by atoms with Crippen molar-refractivity contribution in [3.05, 3.63) is 86.1 Å². The first kappa shape index (κ1) is 32.6. The molecule has 2 aromatic carbocycles. The van der Waals surface area contributed by atoms with E-state index in [-0.39, 0.29) is 10.7 Å². The van der Waals surface area contributed by atoms with Crippen LogP contribution < -0.4 is 14.4 Å². The minimum absolute atomic E-state index is 0.0354. The number of Topliss-reactive ketones (excluding diaryl/α,β-unsaturated/α-hetero) is 1. The van der Waals surface area contributed by atoms with E-state index < -0.39 is 23.5 Å². The molecule has 1 atom stereocenters. The number of carbonyl (C=O) groups excluding carboxylic acids is 2. The normalized spacial score (nSPS) is 15.0. The number of ketones is 1. The van der Waals surface area contributed by atoms with Gasteiger partial charge in [-0.2, -0.15) is 0 Å². The molecular formula is C33H36N4O5S3. The highest BCUT2D eigenvalue weighted by atomic mass is 32.2. The van der Waals surface area contributed by atoms with Crippen LogP contribution in [0.15, 0.2) is 58.1 Å². The van der Waals surface area contributed by atoms with Crippen molar-refractivity contribution in [3.63, 3.8) is 0 Å². The van der Waals surface area contributed by atoms with Crippen molar-refractivity contribution in [2.45, 2.75) is 64.1 Å². The summed E-state index contributed by atoms with van der Waals surface area (Å²) in [6, 6.07) is 12.6. The van der Waals surface area contributed by atoms with Gasteiger partial charge in [0.2, 0.25) is 10.9 Å². The fourth-order valence-corrected chi connectivity index (χ4v) is 7.59. The maximum Gasteiger partial charge on any atom is 0.296 e.